The van der Waals surface area contributed by atoms with Crippen molar-refractivity contribution in [1.82, 2.24) is 0 Å². The maximum Gasteiger partial charge on any atom is 0.303 e. The summed E-state index contributed by atoms with van der Waals surface area (Å²) in [5, 5.41) is 0. The number of aldehydes is 1. The average Bonchev–Trinajstić information content (AvgIpc) is 3.42. The summed E-state index contributed by atoms with van der Waals surface area (Å²) in [5.41, 5.74) is 0.104. The summed E-state index contributed by atoms with van der Waals surface area (Å²) in [6.45, 7) is 5.95. The Labute approximate surface area is 262 Å². The molecule has 1 aromatic rings. The molecule has 252 valence electrons. The second kappa shape index (κ2) is 16.0. The molecule has 0 saturated carbocycles. The van der Waals surface area contributed by atoms with Crippen LogP contribution in [0.2, 0.25) is 0 Å². The quantitative estimate of drug-likeness (QED) is 0.161. The number of ether oxygens (including phenoxy) is 10. The molecule has 17 heteroatoms. The van der Waals surface area contributed by atoms with Crippen molar-refractivity contribution in [3.05, 3.63) is 23.8 Å². The third kappa shape index (κ3) is 9.87. The summed E-state index contributed by atoms with van der Waals surface area (Å²) in [4.78, 5) is 82.3. The van der Waals surface area contributed by atoms with Crippen LogP contribution in [0, 0.1) is 0 Å². The van der Waals surface area contributed by atoms with E-state index in [2.05, 4.69) is 0 Å². The predicted octanol–water partition coefficient (Wildman–Crippen LogP) is 0.560. The van der Waals surface area contributed by atoms with E-state index in [9.17, 15) is 33.6 Å². The minimum absolute atomic E-state index is 0.104. The first-order valence-electron chi connectivity index (χ1n) is 13.9. The molecule has 17 nitrogen and oxygen atoms in total. The van der Waals surface area contributed by atoms with Gasteiger partial charge in [0.1, 0.15) is 31.7 Å². The highest BCUT2D eigenvalue weighted by Crippen LogP contribution is 2.37. The standard InChI is InChI=1S/C29H34O17/c1-13(31)37-11-22-24(39-15(3)33)26(41-17(5)35)28(45-22)43-20-8-7-19(10-30)9-21(20)44-29-27(42-18(6)36)25(40-16(4)34)23(46-29)12-38-14(2)32/h7-10,22-29H,11-12H2,1-6H3/t22-,23-,24-,25?,26-,27+,28-,29-/m1/s1. The Kier molecular flexibility index (Phi) is 12.4. The van der Waals surface area contributed by atoms with E-state index >= 15 is 0 Å². The van der Waals surface area contributed by atoms with E-state index in [-0.39, 0.29) is 23.7 Å². The van der Waals surface area contributed by atoms with Crippen molar-refractivity contribution < 1.29 is 80.9 Å². The van der Waals surface area contributed by atoms with Crippen molar-refractivity contribution in [3.63, 3.8) is 0 Å². The largest absolute Gasteiger partial charge is 0.463 e. The van der Waals surface area contributed by atoms with Crippen molar-refractivity contribution in [1.29, 1.82) is 0 Å². The van der Waals surface area contributed by atoms with E-state index in [1.807, 2.05) is 0 Å². The number of carbonyl (C=O) groups is 7. The molecule has 2 aliphatic heterocycles. The molecule has 1 aromatic carbocycles. The van der Waals surface area contributed by atoms with Crippen LogP contribution in [0.25, 0.3) is 0 Å². The smallest absolute Gasteiger partial charge is 0.303 e. The Balaban J connectivity index is 1.98. The number of hydrogen-bond donors (Lipinski definition) is 0. The molecule has 0 spiro atoms. The van der Waals surface area contributed by atoms with Gasteiger partial charge in [-0.1, -0.05) is 0 Å². The molecular formula is C29H34O17. The Bertz CT molecular complexity index is 1320. The Morgan fingerprint density at radius 3 is 1.35 bits per heavy atom. The van der Waals surface area contributed by atoms with Gasteiger partial charge in [-0.3, -0.25) is 33.6 Å². The average molecular weight is 655 g/mol. The number of carbonyl (C=O) groups excluding carboxylic acids is 7. The number of rotatable bonds is 13. The first-order valence-corrected chi connectivity index (χ1v) is 13.9. The van der Waals surface area contributed by atoms with Crippen LogP contribution in [0.4, 0.5) is 0 Å². The molecule has 2 heterocycles. The lowest BCUT2D eigenvalue weighted by Gasteiger charge is -2.26. The Morgan fingerprint density at radius 2 is 0.978 bits per heavy atom. The molecular weight excluding hydrogens is 620 g/mol. The van der Waals surface area contributed by atoms with Crippen molar-refractivity contribution in [2.24, 2.45) is 0 Å². The van der Waals surface area contributed by atoms with Crippen LogP contribution in [0.5, 0.6) is 11.5 Å². The number of esters is 6. The summed E-state index contributed by atoms with van der Waals surface area (Å²) in [7, 11) is 0. The second-order valence-corrected chi connectivity index (χ2v) is 10.0. The first kappa shape index (κ1) is 35.7. The molecule has 0 aromatic heterocycles. The van der Waals surface area contributed by atoms with Crippen LogP contribution in [0.15, 0.2) is 18.2 Å². The summed E-state index contributed by atoms with van der Waals surface area (Å²) in [6, 6.07) is 3.91. The zero-order valence-electron chi connectivity index (χ0n) is 25.8. The topological polar surface area (TPSA) is 212 Å². The highest BCUT2D eigenvalue weighted by molar-refractivity contribution is 5.76. The van der Waals surface area contributed by atoms with E-state index in [1.165, 1.54) is 18.2 Å². The lowest BCUT2D eigenvalue weighted by atomic mass is 10.1. The fraction of sp³-hybridized carbons (Fsp3) is 0.552. The van der Waals surface area contributed by atoms with Crippen molar-refractivity contribution in [3.8, 4) is 11.5 Å². The van der Waals surface area contributed by atoms with Crippen molar-refractivity contribution >= 4 is 42.1 Å². The van der Waals surface area contributed by atoms with Gasteiger partial charge in [0.05, 0.1) is 0 Å². The van der Waals surface area contributed by atoms with Gasteiger partial charge >= 0.3 is 35.8 Å². The van der Waals surface area contributed by atoms with Crippen LogP contribution in [-0.4, -0.2) is 105 Å². The zero-order valence-corrected chi connectivity index (χ0v) is 25.8. The summed E-state index contributed by atoms with van der Waals surface area (Å²) < 4.78 is 55.1. The normalized spacial score (nSPS) is 26.7. The van der Waals surface area contributed by atoms with Crippen LogP contribution >= 0.6 is 0 Å². The Hall–Kier alpha value is -4.77. The lowest BCUT2D eigenvalue weighted by molar-refractivity contribution is -0.173. The fourth-order valence-electron chi connectivity index (χ4n) is 4.58. The van der Waals surface area contributed by atoms with Gasteiger partial charge < -0.3 is 47.4 Å². The van der Waals surface area contributed by atoms with E-state index in [1.54, 1.807) is 0 Å². The van der Waals surface area contributed by atoms with E-state index in [0.29, 0.717) is 6.29 Å². The van der Waals surface area contributed by atoms with Gasteiger partial charge in [0, 0.05) is 47.1 Å². The maximum absolute atomic E-state index is 12.0. The van der Waals surface area contributed by atoms with Crippen LogP contribution < -0.4 is 9.47 Å². The summed E-state index contributed by atoms with van der Waals surface area (Å²) >= 11 is 0. The minimum Gasteiger partial charge on any atom is -0.463 e. The summed E-state index contributed by atoms with van der Waals surface area (Å²) in [5.74, 6) is -4.70. The third-order valence-electron chi connectivity index (χ3n) is 6.23. The van der Waals surface area contributed by atoms with Crippen LogP contribution in [0.1, 0.15) is 51.9 Å². The highest BCUT2D eigenvalue weighted by Gasteiger charge is 2.53. The molecule has 2 aliphatic rings. The first-order chi connectivity index (χ1) is 21.7. The Morgan fingerprint density at radius 1 is 0.587 bits per heavy atom. The third-order valence-corrected chi connectivity index (χ3v) is 6.23. The number of benzene rings is 1. The lowest BCUT2D eigenvalue weighted by Crippen LogP contribution is -2.43. The maximum atomic E-state index is 12.0. The molecule has 8 atom stereocenters. The van der Waals surface area contributed by atoms with E-state index in [0.717, 1.165) is 41.5 Å². The van der Waals surface area contributed by atoms with Gasteiger partial charge in [-0.25, -0.2) is 0 Å². The molecule has 2 fully saturated rings. The van der Waals surface area contributed by atoms with Gasteiger partial charge in [0.2, 0.25) is 24.8 Å². The molecule has 0 N–H and O–H groups in total. The van der Waals surface area contributed by atoms with E-state index in [4.69, 9.17) is 47.4 Å². The van der Waals surface area contributed by atoms with Gasteiger partial charge in [0.15, 0.2) is 23.7 Å². The van der Waals surface area contributed by atoms with Gasteiger partial charge in [-0.15, -0.1) is 0 Å². The molecule has 0 bridgehead atoms. The molecule has 0 aliphatic carbocycles. The highest BCUT2D eigenvalue weighted by atomic mass is 16.8. The molecule has 3 rings (SSSR count). The van der Waals surface area contributed by atoms with Gasteiger partial charge in [0.25, 0.3) is 0 Å². The van der Waals surface area contributed by atoms with E-state index < -0.39 is 91.6 Å². The fourth-order valence-corrected chi connectivity index (χ4v) is 4.58. The predicted molar refractivity (Wildman–Crippen MR) is 146 cm³/mol. The van der Waals surface area contributed by atoms with Gasteiger partial charge in [-0.05, 0) is 18.2 Å². The second-order valence-electron chi connectivity index (χ2n) is 10.0. The SMILES string of the molecule is CC(=O)OC[C@H]1O[C@@H](Oc2cc(C=O)ccc2O[C@@H]2O[C@H](COC(C)=O)[C@@H](OC(C)=O)[C@H]2OC(C)=O)[C@@H](OC(C)=O)C1OC(C)=O. The molecule has 2 saturated heterocycles. The number of hydrogen-bond acceptors (Lipinski definition) is 17. The van der Waals surface area contributed by atoms with Gasteiger partial charge in [-0.2, -0.15) is 0 Å². The minimum atomic E-state index is -1.50. The monoisotopic (exact) mass is 654 g/mol. The van der Waals surface area contributed by atoms with Crippen LogP contribution in [0.3, 0.4) is 0 Å². The van der Waals surface area contributed by atoms with Crippen molar-refractivity contribution in [2.75, 3.05) is 13.2 Å². The summed E-state index contributed by atoms with van der Waals surface area (Å²) in [6.07, 6.45) is -10.0. The molecule has 0 radical (unpaired) electrons. The molecule has 46 heavy (non-hydrogen) atoms. The van der Waals surface area contributed by atoms with Crippen LogP contribution in [-0.2, 0) is 66.7 Å². The molecule has 0 amide bonds. The molecule has 1 unspecified atom stereocenters. The zero-order chi connectivity index (χ0) is 34.1. The van der Waals surface area contributed by atoms with Crippen molar-refractivity contribution in [2.45, 2.75) is 90.7 Å².